The van der Waals surface area contributed by atoms with Gasteiger partial charge in [0.1, 0.15) is 11.4 Å². The molecule has 3 aromatic carbocycles. The number of nitrogens with zero attached hydrogens (tertiary/aromatic N) is 3. The Morgan fingerprint density at radius 1 is 0.972 bits per heavy atom. The molecule has 0 bridgehead atoms. The molecule has 5 rings (SSSR count). The lowest BCUT2D eigenvalue weighted by molar-refractivity contribution is 0.0384. The molecule has 0 unspecified atom stereocenters. The van der Waals surface area contributed by atoms with Gasteiger partial charge in [-0.25, -0.2) is 4.68 Å². The number of methoxy groups -OCH3 is 1. The molecule has 1 saturated heterocycles. The number of amides is 1. The second kappa shape index (κ2) is 11.2. The second-order valence-electron chi connectivity index (χ2n) is 8.73. The summed E-state index contributed by atoms with van der Waals surface area (Å²) in [6, 6.07) is 25.4. The van der Waals surface area contributed by atoms with Crippen LogP contribution in [0.15, 0.2) is 85.1 Å². The Kier molecular flexibility index (Phi) is 7.40. The topological polar surface area (TPSA) is 68.6 Å². The maximum atomic E-state index is 13.4. The van der Waals surface area contributed by atoms with Gasteiger partial charge in [0.25, 0.3) is 5.91 Å². The first kappa shape index (κ1) is 23.8. The molecular formula is C29H30N4O3. The molecule has 1 fully saturated rings. The molecule has 0 spiro atoms. The first-order valence-electron chi connectivity index (χ1n) is 12.2. The van der Waals surface area contributed by atoms with Crippen LogP contribution < -0.4 is 10.1 Å². The van der Waals surface area contributed by atoms with E-state index in [0.717, 1.165) is 56.2 Å². The Hall–Kier alpha value is -3.94. The Balaban J connectivity index is 1.36. The van der Waals surface area contributed by atoms with Crippen molar-refractivity contribution in [2.75, 3.05) is 45.3 Å². The molecule has 184 valence electrons. The molecule has 7 heteroatoms. The number of carbonyl (C=O) groups is 1. The highest BCUT2D eigenvalue weighted by molar-refractivity contribution is 6.08. The molecule has 0 aliphatic carbocycles. The molecule has 1 amide bonds. The van der Waals surface area contributed by atoms with E-state index in [4.69, 9.17) is 14.6 Å². The average Bonchev–Trinajstić information content (AvgIpc) is 3.39. The Morgan fingerprint density at radius 3 is 2.44 bits per heavy atom. The maximum Gasteiger partial charge on any atom is 0.259 e. The molecule has 2 heterocycles. The van der Waals surface area contributed by atoms with E-state index in [0.29, 0.717) is 17.0 Å². The van der Waals surface area contributed by atoms with Gasteiger partial charge in [-0.05, 0) is 48.4 Å². The minimum atomic E-state index is -0.223. The molecule has 1 aromatic heterocycles. The summed E-state index contributed by atoms with van der Waals surface area (Å²) in [5.41, 5.74) is 4.66. The summed E-state index contributed by atoms with van der Waals surface area (Å²) in [6.45, 7) is 4.60. The van der Waals surface area contributed by atoms with Crippen LogP contribution in [0.3, 0.4) is 0 Å². The van der Waals surface area contributed by atoms with E-state index in [1.807, 2.05) is 66.7 Å². The van der Waals surface area contributed by atoms with Crippen molar-refractivity contribution in [1.29, 1.82) is 0 Å². The summed E-state index contributed by atoms with van der Waals surface area (Å²) >= 11 is 0. The molecule has 0 radical (unpaired) electrons. The minimum absolute atomic E-state index is 0.223. The minimum Gasteiger partial charge on any atom is -0.496 e. The van der Waals surface area contributed by atoms with Crippen LogP contribution in [0.2, 0.25) is 0 Å². The number of carbonyl (C=O) groups excluding carboxylic acids is 1. The first-order chi connectivity index (χ1) is 17.7. The fourth-order valence-electron chi connectivity index (χ4n) is 4.36. The lowest BCUT2D eigenvalue weighted by Crippen LogP contribution is -2.37. The summed E-state index contributed by atoms with van der Waals surface area (Å²) in [5.74, 6) is 0.439. The summed E-state index contributed by atoms with van der Waals surface area (Å²) in [6.07, 6.45) is 2.74. The monoisotopic (exact) mass is 482 g/mol. The van der Waals surface area contributed by atoms with E-state index in [-0.39, 0.29) is 5.91 Å². The lowest BCUT2D eigenvalue weighted by Gasteiger charge is -2.26. The van der Waals surface area contributed by atoms with Crippen LogP contribution in [0, 0.1) is 0 Å². The maximum absolute atomic E-state index is 13.4. The number of anilines is 1. The van der Waals surface area contributed by atoms with E-state index >= 15 is 0 Å². The molecule has 1 aliphatic heterocycles. The second-order valence-corrected chi connectivity index (χ2v) is 8.73. The van der Waals surface area contributed by atoms with Crippen molar-refractivity contribution in [3.05, 3.63) is 96.2 Å². The van der Waals surface area contributed by atoms with E-state index in [1.54, 1.807) is 18.0 Å². The number of nitrogens with one attached hydrogen (secondary N) is 1. The summed E-state index contributed by atoms with van der Waals surface area (Å²) in [4.78, 5) is 15.9. The third-order valence-electron chi connectivity index (χ3n) is 6.37. The van der Waals surface area contributed by atoms with Crippen molar-refractivity contribution in [2.45, 2.75) is 6.42 Å². The molecular weight excluding hydrogens is 452 g/mol. The number of hydrogen-bond acceptors (Lipinski definition) is 5. The summed E-state index contributed by atoms with van der Waals surface area (Å²) < 4.78 is 12.7. The lowest BCUT2D eigenvalue weighted by atomic mass is 10.1. The molecule has 0 saturated carbocycles. The van der Waals surface area contributed by atoms with Crippen LogP contribution in [0.4, 0.5) is 5.69 Å². The van der Waals surface area contributed by atoms with Gasteiger partial charge in [0, 0.05) is 37.1 Å². The van der Waals surface area contributed by atoms with Crippen molar-refractivity contribution in [2.24, 2.45) is 0 Å². The summed E-state index contributed by atoms with van der Waals surface area (Å²) in [7, 11) is 1.62. The zero-order valence-electron chi connectivity index (χ0n) is 20.4. The largest absolute Gasteiger partial charge is 0.496 e. The number of rotatable bonds is 8. The number of para-hydroxylation sites is 2. The van der Waals surface area contributed by atoms with Crippen molar-refractivity contribution in [3.8, 4) is 22.7 Å². The van der Waals surface area contributed by atoms with Crippen LogP contribution in [-0.4, -0.2) is 60.5 Å². The van der Waals surface area contributed by atoms with Gasteiger partial charge in [0.15, 0.2) is 0 Å². The van der Waals surface area contributed by atoms with Gasteiger partial charge in [0.05, 0.1) is 31.6 Å². The Bertz CT molecular complexity index is 1300. The zero-order valence-corrected chi connectivity index (χ0v) is 20.4. The fourth-order valence-corrected chi connectivity index (χ4v) is 4.36. The standard InChI is InChI=1S/C29H30N4O3/c1-35-27-10-6-5-9-25(27)28-26(21-33(31-28)24-7-3-2-4-8-24)29(34)30-23-13-11-22(12-14-23)15-16-32-17-19-36-20-18-32/h2-14,21H,15-20H2,1H3,(H,30,34). The molecule has 36 heavy (non-hydrogen) atoms. The van der Waals surface area contributed by atoms with Crippen molar-refractivity contribution >= 4 is 11.6 Å². The number of benzene rings is 3. The van der Waals surface area contributed by atoms with Crippen LogP contribution in [0.25, 0.3) is 16.9 Å². The van der Waals surface area contributed by atoms with Gasteiger partial charge in [-0.1, -0.05) is 42.5 Å². The van der Waals surface area contributed by atoms with Crippen LogP contribution in [-0.2, 0) is 11.2 Å². The third kappa shape index (κ3) is 5.48. The van der Waals surface area contributed by atoms with Crippen molar-refractivity contribution in [3.63, 3.8) is 0 Å². The predicted octanol–water partition coefficient (Wildman–Crippen LogP) is 4.67. The highest BCUT2D eigenvalue weighted by Gasteiger charge is 2.21. The quantitative estimate of drug-likeness (QED) is 0.395. The Morgan fingerprint density at radius 2 is 1.69 bits per heavy atom. The SMILES string of the molecule is COc1ccccc1-c1nn(-c2ccccc2)cc1C(=O)Nc1ccc(CCN2CCOCC2)cc1. The van der Waals surface area contributed by atoms with E-state index in [1.165, 1.54) is 5.56 Å². The van der Waals surface area contributed by atoms with Crippen molar-refractivity contribution in [1.82, 2.24) is 14.7 Å². The first-order valence-corrected chi connectivity index (χ1v) is 12.2. The highest BCUT2D eigenvalue weighted by Crippen LogP contribution is 2.32. The number of hydrogen-bond donors (Lipinski definition) is 1. The van der Waals surface area contributed by atoms with Gasteiger partial charge in [0.2, 0.25) is 0 Å². The Labute approximate surface area is 211 Å². The third-order valence-corrected chi connectivity index (χ3v) is 6.37. The molecule has 1 N–H and O–H groups in total. The molecule has 1 aliphatic rings. The summed E-state index contributed by atoms with van der Waals surface area (Å²) in [5, 5.41) is 7.81. The van der Waals surface area contributed by atoms with Crippen molar-refractivity contribution < 1.29 is 14.3 Å². The average molecular weight is 483 g/mol. The fraction of sp³-hybridized carbons (Fsp3) is 0.241. The smallest absolute Gasteiger partial charge is 0.259 e. The van der Waals surface area contributed by atoms with Crippen LogP contribution in [0.5, 0.6) is 5.75 Å². The van der Waals surface area contributed by atoms with E-state index < -0.39 is 0 Å². The van der Waals surface area contributed by atoms with Gasteiger partial charge in [-0.15, -0.1) is 0 Å². The van der Waals surface area contributed by atoms with Gasteiger partial charge < -0.3 is 14.8 Å². The predicted molar refractivity (Wildman–Crippen MR) is 141 cm³/mol. The number of ether oxygens (including phenoxy) is 2. The normalized spacial score (nSPS) is 13.9. The molecule has 0 atom stereocenters. The van der Waals surface area contributed by atoms with E-state index in [2.05, 4.69) is 22.3 Å². The van der Waals surface area contributed by atoms with Gasteiger partial charge in [-0.3, -0.25) is 9.69 Å². The van der Waals surface area contributed by atoms with Gasteiger partial charge >= 0.3 is 0 Å². The highest BCUT2D eigenvalue weighted by atomic mass is 16.5. The number of morpholine rings is 1. The molecule has 7 nitrogen and oxygen atoms in total. The van der Waals surface area contributed by atoms with E-state index in [9.17, 15) is 4.79 Å². The van der Waals surface area contributed by atoms with Crippen LogP contribution in [0.1, 0.15) is 15.9 Å². The number of aromatic nitrogens is 2. The zero-order chi connectivity index (χ0) is 24.7. The van der Waals surface area contributed by atoms with Gasteiger partial charge in [-0.2, -0.15) is 5.10 Å². The molecule has 4 aromatic rings. The van der Waals surface area contributed by atoms with Crippen LogP contribution >= 0.6 is 0 Å².